The summed E-state index contributed by atoms with van der Waals surface area (Å²) in [4.78, 5) is 2.54. The normalized spacial score (nSPS) is 15.6. The molecule has 0 saturated heterocycles. The largest absolute Gasteiger partial charge is 0.318 e. The third-order valence-electron chi connectivity index (χ3n) is 3.07. The van der Waals surface area contributed by atoms with Crippen LogP contribution < -0.4 is 5.32 Å². The molecule has 15 heavy (non-hydrogen) atoms. The average molecular weight is 232 g/mol. The zero-order chi connectivity index (χ0) is 11.7. The molecule has 1 N–H and O–H groups in total. The van der Waals surface area contributed by atoms with Crippen molar-refractivity contribution in [2.45, 2.75) is 45.2 Å². The van der Waals surface area contributed by atoms with Crippen molar-refractivity contribution in [2.24, 2.45) is 0 Å². The number of nitrogens with zero attached hydrogens (tertiary/aromatic N) is 1. The molecule has 0 aromatic heterocycles. The van der Waals surface area contributed by atoms with Crippen LogP contribution in [0.1, 0.15) is 33.1 Å². The number of hydrogen-bond acceptors (Lipinski definition) is 3. The first-order chi connectivity index (χ1) is 7.17. The van der Waals surface area contributed by atoms with Crippen LogP contribution in [0.2, 0.25) is 0 Å². The predicted octanol–water partition coefficient (Wildman–Crippen LogP) is 2.45. The molecule has 2 unspecified atom stereocenters. The Morgan fingerprint density at radius 3 is 2.47 bits per heavy atom. The Kier molecular flexibility index (Phi) is 9.66. The van der Waals surface area contributed by atoms with Crippen molar-refractivity contribution in [3.63, 3.8) is 0 Å². The van der Waals surface area contributed by atoms with Crippen molar-refractivity contribution in [1.29, 1.82) is 0 Å². The van der Waals surface area contributed by atoms with E-state index in [0.717, 1.165) is 6.54 Å². The lowest BCUT2D eigenvalue weighted by Gasteiger charge is -2.33. The highest BCUT2D eigenvalue weighted by atomic mass is 32.2. The van der Waals surface area contributed by atoms with Crippen LogP contribution in [0, 0.1) is 0 Å². The van der Waals surface area contributed by atoms with Crippen molar-refractivity contribution in [3.8, 4) is 0 Å². The van der Waals surface area contributed by atoms with E-state index in [2.05, 4.69) is 37.4 Å². The Morgan fingerprint density at radius 1 is 1.33 bits per heavy atom. The van der Waals surface area contributed by atoms with Crippen LogP contribution in [0.3, 0.4) is 0 Å². The van der Waals surface area contributed by atoms with E-state index in [1.807, 2.05) is 18.8 Å². The Morgan fingerprint density at radius 2 is 2.00 bits per heavy atom. The fourth-order valence-corrected chi connectivity index (χ4v) is 2.45. The molecule has 2 atom stereocenters. The van der Waals surface area contributed by atoms with Gasteiger partial charge in [-0.1, -0.05) is 13.3 Å². The van der Waals surface area contributed by atoms with Gasteiger partial charge in [0, 0.05) is 18.6 Å². The number of rotatable bonds is 9. The minimum absolute atomic E-state index is 0.692. The molecule has 0 aromatic carbocycles. The van der Waals surface area contributed by atoms with Crippen LogP contribution >= 0.6 is 11.8 Å². The van der Waals surface area contributed by atoms with Crippen molar-refractivity contribution in [1.82, 2.24) is 10.2 Å². The van der Waals surface area contributed by atoms with Gasteiger partial charge in [0.25, 0.3) is 0 Å². The van der Waals surface area contributed by atoms with Crippen LogP contribution in [-0.4, -0.2) is 49.6 Å². The molecule has 0 heterocycles. The molecule has 3 heteroatoms. The van der Waals surface area contributed by atoms with Gasteiger partial charge in [0.05, 0.1) is 0 Å². The first kappa shape index (κ1) is 15.3. The third kappa shape index (κ3) is 6.44. The van der Waals surface area contributed by atoms with E-state index in [1.54, 1.807) is 0 Å². The van der Waals surface area contributed by atoms with E-state index in [4.69, 9.17) is 0 Å². The van der Waals surface area contributed by atoms with Gasteiger partial charge in [-0.2, -0.15) is 11.8 Å². The Balaban J connectivity index is 4.02. The molecule has 0 aliphatic heterocycles. The molecule has 0 fully saturated rings. The van der Waals surface area contributed by atoms with Gasteiger partial charge in [0.2, 0.25) is 0 Å². The molecule has 0 bridgehead atoms. The monoisotopic (exact) mass is 232 g/mol. The molecule has 0 saturated carbocycles. The fraction of sp³-hybridized carbons (Fsp3) is 1.00. The van der Waals surface area contributed by atoms with Crippen LogP contribution in [0.25, 0.3) is 0 Å². The van der Waals surface area contributed by atoms with Gasteiger partial charge in [-0.3, -0.25) is 4.90 Å². The Hall–Kier alpha value is 0.270. The maximum absolute atomic E-state index is 3.30. The summed E-state index contributed by atoms with van der Waals surface area (Å²) in [5.74, 6) is 1.27. The summed E-state index contributed by atoms with van der Waals surface area (Å²) in [6.07, 6.45) is 6.04. The summed E-state index contributed by atoms with van der Waals surface area (Å²) in [6, 6.07) is 1.39. The highest BCUT2D eigenvalue weighted by molar-refractivity contribution is 7.98. The minimum Gasteiger partial charge on any atom is -0.318 e. The lowest BCUT2D eigenvalue weighted by molar-refractivity contribution is 0.169. The van der Waals surface area contributed by atoms with Gasteiger partial charge >= 0.3 is 0 Å². The number of hydrogen-bond donors (Lipinski definition) is 1. The van der Waals surface area contributed by atoms with Crippen molar-refractivity contribution < 1.29 is 0 Å². The standard InChI is InChI=1S/C12H28N2S/c1-6-7-12(10-13-3)14(4)11(2)8-9-15-5/h11-13H,6-10H2,1-5H3. The number of likely N-dealkylation sites (N-methyl/N-ethyl adjacent to an activating group) is 2. The highest BCUT2D eigenvalue weighted by Gasteiger charge is 2.17. The molecular weight excluding hydrogens is 204 g/mol. The van der Waals surface area contributed by atoms with Gasteiger partial charge in [-0.25, -0.2) is 0 Å². The maximum Gasteiger partial charge on any atom is 0.0220 e. The molecule has 0 spiro atoms. The quantitative estimate of drug-likeness (QED) is 0.657. The second-order valence-electron chi connectivity index (χ2n) is 4.30. The number of nitrogens with one attached hydrogen (secondary N) is 1. The smallest absolute Gasteiger partial charge is 0.0220 e. The van der Waals surface area contributed by atoms with Crippen molar-refractivity contribution in [3.05, 3.63) is 0 Å². The van der Waals surface area contributed by atoms with Crippen LogP contribution in [0.4, 0.5) is 0 Å². The van der Waals surface area contributed by atoms with E-state index < -0.39 is 0 Å². The van der Waals surface area contributed by atoms with Gasteiger partial charge in [-0.15, -0.1) is 0 Å². The zero-order valence-corrected chi connectivity index (χ0v) is 11.9. The SMILES string of the molecule is CCCC(CNC)N(C)C(C)CCSC. The van der Waals surface area contributed by atoms with Crippen LogP contribution in [0.5, 0.6) is 0 Å². The molecule has 2 nitrogen and oxygen atoms in total. The molecule has 0 rings (SSSR count). The van der Waals surface area contributed by atoms with E-state index in [0.29, 0.717) is 12.1 Å². The Bertz CT molecular complexity index is 136. The summed E-state index contributed by atoms with van der Waals surface area (Å²) >= 11 is 1.94. The lowest BCUT2D eigenvalue weighted by atomic mass is 10.1. The van der Waals surface area contributed by atoms with Crippen molar-refractivity contribution in [2.75, 3.05) is 32.6 Å². The Labute approximate surface area is 100 Å². The maximum atomic E-state index is 3.30. The predicted molar refractivity (Wildman–Crippen MR) is 72.8 cm³/mol. The number of thioether (sulfide) groups is 1. The molecule has 0 aliphatic rings. The summed E-state index contributed by atoms with van der Waals surface area (Å²) in [5.41, 5.74) is 0. The third-order valence-corrected chi connectivity index (χ3v) is 3.72. The van der Waals surface area contributed by atoms with Crippen molar-refractivity contribution >= 4 is 11.8 Å². The topological polar surface area (TPSA) is 15.3 Å². The fourth-order valence-electron chi connectivity index (χ4n) is 1.87. The minimum atomic E-state index is 0.692. The molecular formula is C12H28N2S. The van der Waals surface area contributed by atoms with E-state index in [9.17, 15) is 0 Å². The summed E-state index contributed by atoms with van der Waals surface area (Å²) in [7, 11) is 4.31. The summed E-state index contributed by atoms with van der Waals surface area (Å²) in [5, 5.41) is 3.30. The second kappa shape index (κ2) is 9.49. The molecule has 0 radical (unpaired) electrons. The highest BCUT2D eigenvalue weighted by Crippen LogP contribution is 2.12. The molecule has 92 valence electrons. The van der Waals surface area contributed by atoms with E-state index >= 15 is 0 Å². The van der Waals surface area contributed by atoms with E-state index in [1.165, 1.54) is 25.0 Å². The molecule has 0 aliphatic carbocycles. The first-order valence-electron chi connectivity index (χ1n) is 6.02. The van der Waals surface area contributed by atoms with Crippen LogP contribution in [-0.2, 0) is 0 Å². The van der Waals surface area contributed by atoms with E-state index in [-0.39, 0.29) is 0 Å². The lowest BCUT2D eigenvalue weighted by Crippen LogP contribution is -2.44. The summed E-state index contributed by atoms with van der Waals surface area (Å²) in [6.45, 7) is 5.71. The first-order valence-corrected chi connectivity index (χ1v) is 7.42. The van der Waals surface area contributed by atoms with Crippen LogP contribution in [0.15, 0.2) is 0 Å². The van der Waals surface area contributed by atoms with Gasteiger partial charge in [-0.05, 0) is 45.9 Å². The van der Waals surface area contributed by atoms with Gasteiger partial charge in [0.15, 0.2) is 0 Å². The average Bonchev–Trinajstić information content (AvgIpc) is 2.24. The van der Waals surface area contributed by atoms with Gasteiger partial charge < -0.3 is 5.32 Å². The molecule has 0 amide bonds. The zero-order valence-electron chi connectivity index (χ0n) is 11.0. The van der Waals surface area contributed by atoms with Gasteiger partial charge in [0.1, 0.15) is 0 Å². The molecule has 0 aromatic rings. The summed E-state index contributed by atoms with van der Waals surface area (Å²) < 4.78 is 0. The second-order valence-corrected chi connectivity index (χ2v) is 5.28.